The third kappa shape index (κ3) is 4.74. The maximum Gasteiger partial charge on any atom is 0.319 e. The van der Waals surface area contributed by atoms with E-state index in [1.165, 1.54) is 52.1 Å². The Kier molecular flexibility index (Phi) is 6.30. The van der Waals surface area contributed by atoms with E-state index in [9.17, 15) is 4.79 Å². The van der Waals surface area contributed by atoms with Gasteiger partial charge in [0.05, 0.1) is 13.7 Å². The lowest BCUT2D eigenvalue weighted by Crippen LogP contribution is -2.53. The van der Waals surface area contributed by atoms with E-state index < -0.39 is 0 Å². The third-order valence-electron chi connectivity index (χ3n) is 4.85. The van der Waals surface area contributed by atoms with Crippen LogP contribution in [0.1, 0.15) is 51.9 Å². The molecule has 1 aliphatic heterocycles. The Hall–Kier alpha value is -0.610. The maximum absolute atomic E-state index is 11.5. The van der Waals surface area contributed by atoms with Gasteiger partial charge in [-0.3, -0.25) is 9.69 Å². The Morgan fingerprint density at radius 2 is 1.95 bits per heavy atom. The Labute approximate surface area is 123 Å². The van der Waals surface area contributed by atoms with Gasteiger partial charge in [0.2, 0.25) is 0 Å². The molecule has 1 N–H and O–H groups in total. The molecule has 2 unspecified atom stereocenters. The summed E-state index contributed by atoms with van der Waals surface area (Å²) >= 11 is 0. The molecule has 2 atom stereocenters. The fourth-order valence-electron chi connectivity index (χ4n) is 3.70. The van der Waals surface area contributed by atoms with Crippen molar-refractivity contribution < 1.29 is 9.53 Å². The first kappa shape index (κ1) is 15.8. The second-order valence-corrected chi connectivity index (χ2v) is 6.48. The number of nitrogens with zero attached hydrogens (tertiary/aromatic N) is 1. The summed E-state index contributed by atoms with van der Waals surface area (Å²) in [6.07, 6.45) is 9.23. The molecule has 0 aromatic carbocycles. The number of carbonyl (C=O) groups excluding carboxylic acids is 1. The maximum atomic E-state index is 11.5. The fraction of sp³-hybridized carbons (Fsp3) is 0.938. The molecule has 1 aliphatic carbocycles. The predicted octanol–water partition coefficient (Wildman–Crippen LogP) is 2.18. The summed E-state index contributed by atoms with van der Waals surface area (Å²) in [6, 6.07) is 1.24. The van der Waals surface area contributed by atoms with Crippen LogP contribution in [0.2, 0.25) is 0 Å². The number of piperidine rings is 1. The van der Waals surface area contributed by atoms with Gasteiger partial charge in [0.25, 0.3) is 0 Å². The molecule has 0 aromatic heterocycles. The first-order valence-electron chi connectivity index (χ1n) is 8.26. The molecule has 1 heterocycles. The van der Waals surface area contributed by atoms with Crippen molar-refractivity contribution in [3.63, 3.8) is 0 Å². The Balaban J connectivity index is 1.85. The molecule has 2 aliphatic rings. The van der Waals surface area contributed by atoms with Crippen molar-refractivity contribution in [3.05, 3.63) is 0 Å². The predicted molar refractivity (Wildman–Crippen MR) is 80.7 cm³/mol. The van der Waals surface area contributed by atoms with Crippen LogP contribution in [-0.2, 0) is 9.53 Å². The van der Waals surface area contributed by atoms with Crippen LogP contribution in [0.5, 0.6) is 0 Å². The van der Waals surface area contributed by atoms with Gasteiger partial charge in [-0.2, -0.15) is 0 Å². The van der Waals surface area contributed by atoms with Crippen LogP contribution in [0.3, 0.4) is 0 Å². The van der Waals surface area contributed by atoms with Gasteiger partial charge in [-0.05, 0) is 25.2 Å². The highest BCUT2D eigenvalue weighted by Crippen LogP contribution is 2.23. The van der Waals surface area contributed by atoms with Crippen LogP contribution in [-0.4, -0.2) is 49.7 Å². The Bertz CT molecular complexity index is 303. The van der Waals surface area contributed by atoms with Crippen molar-refractivity contribution in [1.82, 2.24) is 10.2 Å². The second-order valence-electron chi connectivity index (χ2n) is 6.48. The lowest BCUT2D eigenvalue weighted by Gasteiger charge is -2.39. The number of rotatable bonds is 5. The smallest absolute Gasteiger partial charge is 0.319 e. The van der Waals surface area contributed by atoms with Crippen LogP contribution >= 0.6 is 0 Å². The highest BCUT2D eigenvalue weighted by molar-refractivity contribution is 5.71. The van der Waals surface area contributed by atoms with Crippen molar-refractivity contribution >= 4 is 5.97 Å². The first-order chi connectivity index (χ1) is 9.71. The molecule has 2 fully saturated rings. The Morgan fingerprint density at radius 1 is 1.20 bits per heavy atom. The lowest BCUT2D eigenvalue weighted by atomic mass is 9.89. The number of carbonyl (C=O) groups is 1. The van der Waals surface area contributed by atoms with Crippen LogP contribution < -0.4 is 5.32 Å². The molecule has 4 heteroatoms. The van der Waals surface area contributed by atoms with Gasteiger partial charge in [0.15, 0.2) is 0 Å². The minimum absolute atomic E-state index is 0.113. The SMILES string of the molecule is CCC1CC(NC2CCCCC2)CN(CC(=O)OC)C1. The van der Waals surface area contributed by atoms with Crippen molar-refractivity contribution in [1.29, 1.82) is 0 Å². The summed E-state index contributed by atoms with van der Waals surface area (Å²) in [6.45, 7) is 4.72. The van der Waals surface area contributed by atoms with E-state index in [-0.39, 0.29) is 5.97 Å². The molecular formula is C16H30N2O2. The normalized spacial score (nSPS) is 29.3. The number of likely N-dealkylation sites (tertiary alicyclic amines) is 1. The molecule has 0 amide bonds. The standard InChI is InChI=1S/C16H30N2O2/c1-3-13-9-15(17-14-7-5-4-6-8-14)11-18(10-13)12-16(19)20-2/h13-15,17H,3-12H2,1-2H3. The van der Waals surface area contributed by atoms with E-state index in [4.69, 9.17) is 4.74 Å². The lowest BCUT2D eigenvalue weighted by molar-refractivity contribution is -0.142. The molecule has 1 saturated carbocycles. The minimum Gasteiger partial charge on any atom is -0.468 e. The van der Waals surface area contributed by atoms with E-state index in [0.29, 0.717) is 24.5 Å². The summed E-state index contributed by atoms with van der Waals surface area (Å²) in [5.74, 6) is 0.590. The first-order valence-corrected chi connectivity index (χ1v) is 8.26. The summed E-state index contributed by atoms with van der Waals surface area (Å²) in [7, 11) is 1.47. The average molecular weight is 282 g/mol. The summed E-state index contributed by atoms with van der Waals surface area (Å²) in [5.41, 5.74) is 0. The van der Waals surface area contributed by atoms with E-state index >= 15 is 0 Å². The summed E-state index contributed by atoms with van der Waals surface area (Å²) < 4.78 is 4.81. The zero-order valence-corrected chi connectivity index (χ0v) is 13.1. The van der Waals surface area contributed by atoms with Gasteiger partial charge in [-0.15, -0.1) is 0 Å². The van der Waals surface area contributed by atoms with Gasteiger partial charge in [0, 0.05) is 25.2 Å². The van der Waals surface area contributed by atoms with E-state index in [1.54, 1.807) is 0 Å². The average Bonchev–Trinajstić information content (AvgIpc) is 2.47. The molecule has 2 rings (SSSR count). The van der Waals surface area contributed by atoms with Gasteiger partial charge >= 0.3 is 5.97 Å². The number of hydrogen-bond acceptors (Lipinski definition) is 4. The van der Waals surface area contributed by atoms with Gasteiger partial charge in [-0.1, -0.05) is 32.6 Å². The van der Waals surface area contributed by atoms with Gasteiger partial charge in [-0.25, -0.2) is 0 Å². The number of esters is 1. The van der Waals surface area contributed by atoms with Crippen LogP contribution in [0.25, 0.3) is 0 Å². The molecule has 0 bridgehead atoms. The molecule has 0 radical (unpaired) electrons. The van der Waals surface area contributed by atoms with E-state index in [0.717, 1.165) is 13.1 Å². The second kappa shape index (κ2) is 7.99. The zero-order valence-electron chi connectivity index (χ0n) is 13.1. The number of ether oxygens (including phenoxy) is 1. The molecule has 116 valence electrons. The van der Waals surface area contributed by atoms with Crippen LogP contribution in [0.4, 0.5) is 0 Å². The molecule has 0 spiro atoms. The Morgan fingerprint density at radius 3 is 2.60 bits per heavy atom. The highest BCUT2D eigenvalue weighted by atomic mass is 16.5. The zero-order chi connectivity index (χ0) is 14.4. The molecule has 20 heavy (non-hydrogen) atoms. The summed E-state index contributed by atoms with van der Waals surface area (Å²) in [5, 5.41) is 3.85. The van der Waals surface area contributed by atoms with Gasteiger partial charge in [0.1, 0.15) is 0 Å². The van der Waals surface area contributed by atoms with Crippen LogP contribution in [0, 0.1) is 5.92 Å². The van der Waals surface area contributed by atoms with Crippen LogP contribution in [0.15, 0.2) is 0 Å². The highest BCUT2D eigenvalue weighted by Gasteiger charge is 2.29. The molecule has 4 nitrogen and oxygen atoms in total. The number of hydrogen-bond donors (Lipinski definition) is 1. The molecule has 1 saturated heterocycles. The number of nitrogens with one attached hydrogen (secondary N) is 1. The van der Waals surface area contributed by atoms with E-state index in [1.807, 2.05) is 0 Å². The number of methoxy groups -OCH3 is 1. The topological polar surface area (TPSA) is 41.6 Å². The molecular weight excluding hydrogens is 252 g/mol. The quantitative estimate of drug-likeness (QED) is 0.785. The van der Waals surface area contributed by atoms with Crippen molar-refractivity contribution in [2.75, 3.05) is 26.7 Å². The fourth-order valence-corrected chi connectivity index (χ4v) is 3.70. The molecule has 0 aromatic rings. The summed E-state index contributed by atoms with van der Waals surface area (Å²) in [4.78, 5) is 13.8. The third-order valence-corrected chi connectivity index (χ3v) is 4.85. The van der Waals surface area contributed by atoms with E-state index in [2.05, 4.69) is 17.1 Å². The largest absolute Gasteiger partial charge is 0.468 e. The van der Waals surface area contributed by atoms with Crippen molar-refractivity contribution in [3.8, 4) is 0 Å². The monoisotopic (exact) mass is 282 g/mol. The van der Waals surface area contributed by atoms with Crippen molar-refractivity contribution in [2.45, 2.75) is 64.0 Å². The minimum atomic E-state index is -0.113. The van der Waals surface area contributed by atoms with Gasteiger partial charge < -0.3 is 10.1 Å². The van der Waals surface area contributed by atoms with Crippen molar-refractivity contribution in [2.24, 2.45) is 5.92 Å².